The molecule has 0 aromatic heterocycles. The average Bonchev–Trinajstić information content (AvgIpc) is 2.83. The predicted molar refractivity (Wildman–Crippen MR) is 87.4 cm³/mol. The molecule has 0 radical (unpaired) electrons. The van der Waals surface area contributed by atoms with Crippen molar-refractivity contribution in [1.29, 1.82) is 0 Å². The maximum absolute atomic E-state index is 12.1. The highest BCUT2D eigenvalue weighted by Crippen LogP contribution is 2.32. The van der Waals surface area contributed by atoms with Gasteiger partial charge in [-0.3, -0.25) is 4.79 Å². The van der Waals surface area contributed by atoms with E-state index in [1.54, 1.807) is 24.3 Å². The van der Waals surface area contributed by atoms with Crippen LogP contribution in [0, 0.1) is 0 Å². The van der Waals surface area contributed by atoms with E-state index in [4.69, 9.17) is 4.74 Å². The summed E-state index contributed by atoms with van der Waals surface area (Å²) in [6.07, 6.45) is 0.507. The number of hydrogen-bond donors (Lipinski definition) is 1. The van der Waals surface area contributed by atoms with Crippen molar-refractivity contribution in [1.82, 2.24) is 0 Å². The largest absolute Gasteiger partial charge is 0.453 e. The second-order valence-corrected chi connectivity index (χ2v) is 7.55. The molecule has 1 unspecified atom stereocenters. The molecule has 24 heavy (non-hydrogen) atoms. The molecule has 0 aliphatic carbocycles. The molecule has 1 aliphatic rings. The van der Waals surface area contributed by atoms with Crippen LogP contribution in [-0.4, -0.2) is 26.6 Å². The monoisotopic (exact) mass is 345 g/mol. The molecule has 1 amide bonds. The number of nitrogens with one attached hydrogen (secondary N) is 1. The summed E-state index contributed by atoms with van der Waals surface area (Å²) in [4.78, 5) is 24.1. The van der Waals surface area contributed by atoms with Crippen LogP contribution >= 0.6 is 0 Å². The highest BCUT2D eigenvalue weighted by Gasteiger charge is 2.31. The Morgan fingerprint density at radius 2 is 1.79 bits per heavy atom. The van der Waals surface area contributed by atoms with Gasteiger partial charge in [0.2, 0.25) is 5.91 Å². The third kappa shape index (κ3) is 3.30. The van der Waals surface area contributed by atoms with Crippen molar-refractivity contribution in [2.24, 2.45) is 0 Å². The maximum atomic E-state index is 12.1. The third-order valence-corrected chi connectivity index (χ3v) is 4.84. The third-order valence-electron chi connectivity index (χ3n) is 3.71. The zero-order valence-corrected chi connectivity index (χ0v) is 13.7. The summed E-state index contributed by atoms with van der Waals surface area (Å²) in [6, 6.07) is 12.8. The Bertz CT molecular complexity index is 903. The molecule has 0 spiro atoms. The lowest BCUT2D eigenvalue weighted by Crippen LogP contribution is -2.15. The topological polar surface area (TPSA) is 89.5 Å². The first kappa shape index (κ1) is 16.2. The van der Waals surface area contributed by atoms with Gasteiger partial charge in [-0.05, 0) is 30.3 Å². The molecule has 0 fully saturated rings. The molecule has 0 saturated carbocycles. The summed E-state index contributed by atoms with van der Waals surface area (Å²) < 4.78 is 28.0. The maximum Gasteiger partial charge on any atom is 0.339 e. The van der Waals surface area contributed by atoms with Gasteiger partial charge in [0.1, 0.15) is 6.10 Å². The van der Waals surface area contributed by atoms with Gasteiger partial charge in [0.15, 0.2) is 9.84 Å². The van der Waals surface area contributed by atoms with Gasteiger partial charge in [0.25, 0.3) is 0 Å². The van der Waals surface area contributed by atoms with Gasteiger partial charge in [-0.2, -0.15) is 0 Å². The summed E-state index contributed by atoms with van der Waals surface area (Å²) in [5.74, 6) is -0.752. The molecule has 0 bridgehead atoms. The van der Waals surface area contributed by atoms with E-state index in [1.807, 2.05) is 0 Å². The van der Waals surface area contributed by atoms with E-state index < -0.39 is 21.9 Å². The lowest BCUT2D eigenvalue weighted by molar-refractivity contribution is -0.118. The van der Waals surface area contributed by atoms with Crippen molar-refractivity contribution in [3.05, 3.63) is 59.7 Å². The van der Waals surface area contributed by atoms with Crippen LogP contribution in [0.3, 0.4) is 0 Å². The molecule has 1 heterocycles. The van der Waals surface area contributed by atoms with Gasteiger partial charge in [-0.15, -0.1) is 0 Å². The van der Waals surface area contributed by atoms with E-state index in [-0.39, 0.29) is 17.2 Å². The Labute approximate surface area is 139 Å². The number of carbonyl (C=O) groups excluding carboxylic acids is 2. The number of carbonyl (C=O) groups is 2. The fourth-order valence-electron chi connectivity index (χ4n) is 2.54. The Morgan fingerprint density at radius 1 is 1.12 bits per heavy atom. The van der Waals surface area contributed by atoms with Gasteiger partial charge in [0, 0.05) is 17.5 Å². The lowest BCUT2D eigenvalue weighted by Gasteiger charge is -2.11. The van der Waals surface area contributed by atoms with Gasteiger partial charge >= 0.3 is 5.97 Å². The Morgan fingerprint density at radius 3 is 2.46 bits per heavy atom. The fourth-order valence-corrected chi connectivity index (χ4v) is 3.17. The average molecular weight is 345 g/mol. The standard InChI is InChI=1S/C17H15NO5S/c1-24(21,22)12-8-6-11(7-9-12)18-16(19)10-15-13-4-2-3-5-14(13)17(20)23-15/h2-9,15H,10H2,1H3,(H,18,19). The molecular formula is C17H15NO5S. The summed E-state index contributed by atoms with van der Waals surface area (Å²) in [7, 11) is -3.28. The van der Waals surface area contributed by atoms with Gasteiger partial charge in [-0.1, -0.05) is 18.2 Å². The first-order valence-electron chi connectivity index (χ1n) is 7.24. The SMILES string of the molecule is CS(=O)(=O)c1ccc(NC(=O)CC2OC(=O)c3ccccc32)cc1. The van der Waals surface area contributed by atoms with Crippen LogP contribution in [-0.2, 0) is 19.4 Å². The van der Waals surface area contributed by atoms with E-state index in [0.29, 0.717) is 16.8 Å². The molecule has 0 saturated heterocycles. The van der Waals surface area contributed by atoms with Crippen molar-refractivity contribution in [2.75, 3.05) is 11.6 Å². The van der Waals surface area contributed by atoms with Crippen molar-refractivity contribution >= 4 is 27.4 Å². The molecule has 1 atom stereocenters. The minimum absolute atomic E-state index is 0.00339. The Balaban J connectivity index is 1.68. The molecular weight excluding hydrogens is 330 g/mol. The van der Waals surface area contributed by atoms with E-state index in [9.17, 15) is 18.0 Å². The normalized spacial score (nSPS) is 16.4. The molecule has 124 valence electrons. The number of fused-ring (bicyclic) bond motifs is 1. The highest BCUT2D eigenvalue weighted by molar-refractivity contribution is 7.90. The van der Waals surface area contributed by atoms with E-state index in [2.05, 4.69) is 5.32 Å². The predicted octanol–water partition coefficient (Wildman–Crippen LogP) is 2.33. The number of anilines is 1. The van der Waals surface area contributed by atoms with Gasteiger partial charge in [0.05, 0.1) is 16.9 Å². The Hall–Kier alpha value is -2.67. The second-order valence-electron chi connectivity index (χ2n) is 5.53. The fraction of sp³-hybridized carbons (Fsp3) is 0.176. The van der Waals surface area contributed by atoms with Crippen LogP contribution in [0.5, 0.6) is 0 Å². The Kier molecular flexibility index (Phi) is 4.11. The quantitative estimate of drug-likeness (QED) is 0.859. The van der Waals surface area contributed by atoms with Crippen molar-refractivity contribution in [3.63, 3.8) is 0 Å². The number of benzene rings is 2. The van der Waals surface area contributed by atoms with Crippen LogP contribution in [0.4, 0.5) is 5.69 Å². The first-order valence-corrected chi connectivity index (χ1v) is 9.13. The number of ether oxygens (including phenoxy) is 1. The molecule has 7 heteroatoms. The molecule has 1 aliphatic heterocycles. The number of hydrogen-bond acceptors (Lipinski definition) is 5. The van der Waals surface area contributed by atoms with Crippen LogP contribution in [0.2, 0.25) is 0 Å². The summed E-state index contributed by atoms with van der Waals surface area (Å²) in [6.45, 7) is 0. The minimum Gasteiger partial charge on any atom is -0.453 e. The summed E-state index contributed by atoms with van der Waals surface area (Å²) in [5.41, 5.74) is 1.66. The molecule has 1 N–H and O–H groups in total. The van der Waals surface area contributed by atoms with Gasteiger partial charge < -0.3 is 10.1 Å². The minimum atomic E-state index is -3.28. The zero-order chi connectivity index (χ0) is 17.3. The first-order chi connectivity index (χ1) is 11.3. The zero-order valence-electron chi connectivity index (χ0n) is 12.9. The molecule has 2 aromatic rings. The molecule has 6 nitrogen and oxygen atoms in total. The van der Waals surface area contributed by atoms with Gasteiger partial charge in [-0.25, -0.2) is 13.2 Å². The van der Waals surface area contributed by atoms with Crippen LogP contribution in [0.15, 0.2) is 53.4 Å². The smallest absolute Gasteiger partial charge is 0.339 e. The number of sulfone groups is 1. The summed E-state index contributed by atoms with van der Waals surface area (Å²) >= 11 is 0. The molecule has 3 rings (SSSR count). The number of rotatable bonds is 4. The van der Waals surface area contributed by atoms with Crippen molar-refractivity contribution in [3.8, 4) is 0 Å². The lowest BCUT2D eigenvalue weighted by atomic mass is 10.0. The van der Waals surface area contributed by atoms with Crippen LogP contribution in [0.1, 0.15) is 28.4 Å². The van der Waals surface area contributed by atoms with E-state index >= 15 is 0 Å². The van der Waals surface area contributed by atoms with Crippen molar-refractivity contribution in [2.45, 2.75) is 17.4 Å². The highest BCUT2D eigenvalue weighted by atomic mass is 32.2. The number of esters is 1. The summed E-state index contributed by atoms with van der Waals surface area (Å²) in [5, 5.41) is 2.67. The second kappa shape index (κ2) is 6.09. The molecule has 2 aromatic carbocycles. The number of cyclic esters (lactones) is 1. The van der Waals surface area contributed by atoms with E-state index in [0.717, 1.165) is 6.26 Å². The van der Waals surface area contributed by atoms with E-state index in [1.165, 1.54) is 24.3 Å². The van der Waals surface area contributed by atoms with Crippen LogP contribution in [0.25, 0.3) is 0 Å². The van der Waals surface area contributed by atoms with Crippen LogP contribution < -0.4 is 5.32 Å². The number of amides is 1. The van der Waals surface area contributed by atoms with Crippen molar-refractivity contribution < 1.29 is 22.7 Å².